The lowest BCUT2D eigenvalue weighted by Crippen LogP contribution is -2.23. The highest BCUT2D eigenvalue weighted by Gasteiger charge is 2.19. The molecule has 0 aliphatic heterocycles. The second kappa shape index (κ2) is 5.56. The third-order valence-corrected chi connectivity index (χ3v) is 2.80. The van der Waals surface area contributed by atoms with Crippen LogP contribution < -0.4 is 5.56 Å². The molecule has 2 aromatic rings. The number of aromatic nitrogens is 2. The maximum absolute atomic E-state index is 12.1. The number of nitrogens with zero attached hydrogens (tertiary/aromatic N) is 1. The van der Waals surface area contributed by atoms with Crippen LogP contribution in [0.3, 0.4) is 0 Å². The fourth-order valence-electron chi connectivity index (χ4n) is 1.93. The highest BCUT2D eigenvalue weighted by molar-refractivity contribution is 5.90. The van der Waals surface area contributed by atoms with E-state index in [4.69, 9.17) is 4.74 Å². The molecule has 100 valence electrons. The number of aryl methyl sites for hydroxylation is 1. The fourth-order valence-corrected chi connectivity index (χ4v) is 1.93. The number of nitrogens with one attached hydrogen (secondary N) is 1. The molecule has 0 bridgehead atoms. The van der Waals surface area contributed by atoms with Crippen molar-refractivity contribution in [3.8, 4) is 0 Å². The molecule has 0 radical (unpaired) electrons. The molecule has 0 fully saturated rings. The molecule has 0 saturated carbocycles. The van der Waals surface area contributed by atoms with Gasteiger partial charge in [0.1, 0.15) is 5.56 Å². The van der Waals surface area contributed by atoms with E-state index in [0.29, 0.717) is 12.2 Å². The smallest absolute Gasteiger partial charge is 0.345 e. The van der Waals surface area contributed by atoms with Gasteiger partial charge in [0.25, 0.3) is 5.56 Å². The number of benzene rings is 1. The summed E-state index contributed by atoms with van der Waals surface area (Å²) >= 11 is 0. The summed E-state index contributed by atoms with van der Waals surface area (Å²) < 4.78 is 6.29. The first-order valence-electron chi connectivity index (χ1n) is 6.14. The summed E-state index contributed by atoms with van der Waals surface area (Å²) in [4.78, 5) is 23.8. The Morgan fingerprint density at radius 2 is 2.00 bits per heavy atom. The Bertz CT molecular complexity index is 626. The average molecular weight is 260 g/mol. The zero-order chi connectivity index (χ0) is 13.8. The zero-order valence-electron chi connectivity index (χ0n) is 11.0. The Kier molecular flexibility index (Phi) is 3.85. The van der Waals surface area contributed by atoms with E-state index in [-0.39, 0.29) is 17.7 Å². The molecule has 0 saturated heterocycles. The first-order chi connectivity index (χ1) is 9.13. The van der Waals surface area contributed by atoms with Crippen LogP contribution in [0.15, 0.2) is 35.1 Å². The van der Waals surface area contributed by atoms with Crippen LogP contribution in [0.2, 0.25) is 0 Å². The summed E-state index contributed by atoms with van der Waals surface area (Å²) in [5.74, 6) is -0.576. The Morgan fingerprint density at radius 3 is 2.63 bits per heavy atom. The maximum atomic E-state index is 12.1. The predicted octanol–water partition coefficient (Wildman–Crippen LogP) is 1.71. The van der Waals surface area contributed by atoms with Crippen molar-refractivity contribution in [1.29, 1.82) is 0 Å². The molecular formula is C14H16N2O3. The van der Waals surface area contributed by atoms with Crippen LogP contribution in [0.25, 0.3) is 0 Å². The number of aromatic amines is 1. The molecular weight excluding hydrogens is 244 g/mol. The SMILES string of the molecule is CCOC(=O)c1c(C)[nH]n(Cc2ccccc2)c1=O. The number of rotatable bonds is 4. The summed E-state index contributed by atoms with van der Waals surface area (Å²) in [7, 11) is 0. The van der Waals surface area contributed by atoms with Gasteiger partial charge in [-0.3, -0.25) is 9.89 Å². The third-order valence-electron chi connectivity index (χ3n) is 2.80. The van der Waals surface area contributed by atoms with Crippen LogP contribution in [0.4, 0.5) is 0 Å². The number of H-pyrrole nitrogens is 1. The second-order valence-corrected chi connectivity index (χ2v) is 4.21. The minimum absolute atomic E-state index is 0.0813. The highest BCUT2D eigenvalue weighted by atomic mass is 16.5. The number of carbonyl (C=O) groups is 1. The standard InChI is InChI=1S/C14H16N2O3/c1-3-19-14(18)12-10(2)15-16(13(12)17)9-11-7-5-4-6-8-11/h4-8,15H,3,9H2,1-2H3. The van der Waals surface area contributed by atoms with E-state index < -0.39 is 5.97 Å². The number of hydrogen-bond donors (Lipinski definition) is 1. The molecule has 1 N–H and O–H groups in total. The lowest BCUT2D eigenvalue weighted by molar-refractivity contribution is 0.0524. The van der Waals surface area contributed by atoms with Crippen molar-refractivity contribution in [2.24, 2.45) is 0 Å². The van der Waals surface area contributed by atoms with Crippen LogP contribution in [0.1, 0.15) is 28.5 Å². The third kappa shape index (κ3) is 2.76. The largest absolute Gasteiger partial charge is 0.462 e. The summed E-state index contributed by atoms with van der Waals surface area (Å²) in [6, 6.07) is 9.57. The van der Waals surface area contributed by atoms with Gasteiger partial charge in [0.15, 0.2) is 0 Å². The Balaban J connectivity index is 2.32. The van der Waals surface area contributed by atoms with Crippen LogP contribution in [0.5, 0.6) is 0 Å². The Labute approximate surface area is 110 Å². The molecule has 0 unspecified atom stereocenters. The lowest BCUT2D eigenvalue weighted by atomic mass is 10.2. The number of esters is 1. The summed E-state index contributed by atoms with van der Waals surface area (Å²) in [5, 5.41) is 2.90. The van der Waals surface area contributed by atoms with Crippen molar-refractivity contribution < 1.29 is 9.53 Å². The first-order valence-corrected chi connectivity index (χ1v) is 6.14. The molecule has 0 spiro atoms. The van der Waals surface area contributed by atoms with Gasteiger partial charge in [0.05, 0.1) is 13.2 Å². The van der Waals surface area contributed by atoms with Gasteiger partial charge in [0.2, 0.25) is 0 Å². The minimum Gasteiger partial charge on any atom is -0.462 e. The molecule has 5 nitrogen and oxygen atoms in total. The van der Waals surface area contributed by atoms with Crippen molar-refractivity contribution in [2.45, 2.75) is 20.4 Å². The molecule has 2 rings (SSSR count). The van der Waals surface area contributed by atoms with Crippen molar-refractivity contribution in [3.63, 3.8) is 0 Å². The number of hydrogen-bond acceptors (Lipinski definition) is 3. The number of ether oxygens (including phenoxy) is 1. The minimum atomic E-state index is -0.576. The molecule has 19 heavy (non-hydrogen) atoms. The molecule has 1 heterocycles. The van der Waals surface area contributed by atoms with Crippen molar-refractivity contribution in [1.82, 2.24) is 9.78 Å². The van der Waals surface area contributed by atoms with Crippen molar-refractivity contribution in [3.05, 3.63) is 57.5 Å². The van der Waals surface area contributed by atoms with E-state index >= 15 is 0 Å². The molecule has 0 aliphatic rings. The molecule has 5 heteroatoms. The van der Waals surface area contributed by atoms with E-state index in [9.17, 15) is 9.59 Å². The monoisotopic (exact) mass is 260 g/mol. The predicted molar refractivity (Wildman–Crippen MR) is 71.3 cm³/mol. The van der Waals surface area contributed by atoms with Crippen molar-refractivity contribution in [2.75, 3.05) is 6.61 Å². The first kappa shape index (κ1) is 13.1. The maximum Gasteiger partial charge on any atom is 0.345 e. The van der Waals surface area contributed by atoms with Crippen molar-refractivity contribution >= 4 is 5.97 Å². The van der Waals surface area contributed by atoms with E-state index in [1.165, 1.54) is 4.68 Å². The Morgan fingerprint density at radius 1 is 1.32 bits per heavy atom. The van der Waals surface area contributed by atoms with Crippen LogP contribution in [0, 0.1) is 6.92 Å². The van der Waals surface area contributed by atoms with Gasteiger partial charge in [-0.1, -0.05) is 30.3 Å². The van der Waals surface area contributed by atoms with Gasteiger partial charge in [-0.15, -0.1) is 0 Å². The normalized spacial score (nSPS) is 10.4. The lowest BCUT2D eigenvalue weighted by Gasteiger charge is -2.01. The zero-order valence-corrected chi connectivity index (χ0v) is 11.0. The Hall–Kier alpha value is -2.30. The van der Waals surface area contributed by atoms with E-state index in [1.807, 2.05) is 30.3 Å². The van der Waals surface area contributed by atoms with Gasteiger partial charge in [0, 0.05) is 5.69 Å². The highest BCUT2D eigenvalue weighted by Crippen LogP contribution is 2.05. The van der Waals surface area contributed by atoms with E-state index in [0.717, 1.165) is 5.56 Å². The van der Waals surface area contributed by atoms with Crippen LogP contribution >= 0.6 is 0 Å². The van der Waals surface area contributed by atoms with Gasteiger partial charge >= 0.3 is 5.97 Å². The summed E-state index contributed by atoms with van der Waals surface area (Å²) in [5.41, 5.74) is 1.25. The van der Waals surface area contributed by atoms with Gasteiger partial charge < -0.3 is 4.74 Å². The summed E-state index contributed by atoms with van der Waals surface area (Å²) in [6.45, 7) is 4.05. The topological polar surface area (TPSA) is 64.1 Å². The van der Waals surface area contributed by atoms with E-state index in [2.05, 4.69) is 5.10 Å². The van der Waals surface area contributed by atoms with Gasteiger partial charge in [-0.05, 0) is 19.4 Å². The molecule has 1 aromatic carbocycles. The number of carbonyl (C=O) groups excluding carboxylic acids is 1. The molecule has 1 aromatic heterocycles. The molecule has 0 atom stereocenters. The van der Waals surface area contributed by atoms with Crippen LogP contribution in [-0.2, 0) is 11.3 Å². The molecule has 0 aliphatic carbocycles. The van der Waals surface area contributed by atoms with Gasteiger partial charge in [-0.25, -0.2) is 9.48 Å². The van der Waals surface area contributed by atoms with Crippen LogP contribution in [-0.4, -0.2) is 22.4 Å². The average Bonchev–Trinajstić information content (AvgIpc) is 2.66. The quantitative estimate of drug-likeness (QED) is 0.851. The van der Waals surface area contributed by atoms with E-state index in [1.54, 1.807) is 13.8 Å². The second-order valence-electron chi connectivity index (χ2n) is 4.21. The van der Waals surface area contributed by atoms with Gasteiger partial charge in [-0.2, -0.15) is 0 Å². The summed E-state index contributed by atoms with van der Waals surface area (Å²) in [6.07, 6.45) is 0. The molecule has 0 amide bonds. The fraction of sp³-hybridized carbons (Fsp3) is 0.286.